The quantitative estimate of drug-likeness (QED) is 0.503. The van der Waals surface area contributed by atoms with Gasteiger partial charge in [0.25, 0.3) is 5.91 Å². The van der Waals surface area contributed by atoms with Gasteiger partial charge in [0.15, 0.2) is 5.72 Å². The van der Waals surface area contributed by atoms with E-state index in [0.717, 1.165) is 11.1 Å². The number of aryl methyl sites for hydroxylation is 1. The average molecular weight is 442 g/mol. The maximum Gasteiger partial charge on any atom is 0.413 e. The Balaban J connectivity index is 1.64. The summed E-state index contributed by atoms with van der Waals surface area (Å²) in [6.07, 6.45) is -0.628. The molecular weight excluding hydrogens is 420 g/mol. The fourth-order valence-electron chi connectivity index (χ4n) is 4.35. The molecule has 8 heteroatoms. The van der Waals surface area contributed by atoms with Crippen LogP contribution in [0.4, 0.5) is 10.7 Å². The molecule has 2 N–H and O–H groups in total. The zero-order valence-electron chi connectivity index (χ0n) is 18.1. The second kappa shape index (κ2) is 7.75. The first-order chi connectivity index (χ1) is 15.9. The smallest absolute Gasteiger partial charge is 0.413 e. The molecule has 0 saturated heterocycles. The molecule has 2 amide bonds. The molecule has 1 aliphatic rings. The Morgan fingerprint density at radius 2 is 1.82 bits per heavy atom. The lowest BCUT2D eigenvalue weighted by molar-refractivity contribution is -0.0542. The van der Waals surface area contributed by atoms with Crippen molar-refractivity contribution < 1.29 is 19.4 Å². The molecule has 4 aromatic rings. The number of carbonyl (C=O) groups excluding carboxylic acids is 2. The summed E-state index contributed by atoms with van der Waals surface area (Å²) in [4.78, 5) is 31.0. The van der Waals surface area contributed by atoms with Crippen LogP contribution in [0.3, 0.4) is 0 Å². The Kier molecular flexibility index (Phi) is 4.87. The molecule has 1 aliphatic heterocycles. The SMILES string of the molecule is COC(=O)Nc1nc2cc(C3(O)c4ccccc4C(=O)N3Cc3ccccc3)ccc2n1C. The highest BCUT2D eigenvalue weighted by Gasteiger charge is 2.49. The predicted octanol–water partition coefficient (Wildman–Crippen LogP) is 3.60. The van der Waals surface area contributed by atoms with Crippen LogP contribution in [0.1, 0.15) is 27.0 Å². The second-order valence-electron chi connectivity index (χ2n) is 7.91. The lowest BCUT2D eigenvalue weighted by Gasteiger charge is -2.35. The molecule has 8 nitrogen and oxygen atoms in total. The number of nitrogens with zero attached hydrogens (tertiary/aromatic N) is 3. The van der Waals surface area contributed by atoms with Crippen LogP contribution in [0, 0.1) is 0 Å². The fourth-order valence-corrected chi connectivity index (χ4v) is 4.35. The van der Waals surface area contributed by atoms with Crippen LogP contribution in [-0.2, 0) is 24.1 Å². The number of hydrogen-bond acceptors (Lipinski definition) is 5. The van der Waals surface area contributed by atoms with Crippen molar-refractivity contribution in [2.24, 2.45) is 7.05 Å². The standard InChI is InChI=1S/C25H22N4O4/c1-28-21-13-12-17(14-20(21)26-23(28)27-24(31)33-2)25(32)19-11-7-6-10-18(19)22(30)29(25)15-16-8-4-3-5-9-16/h3-14,32H,15H2,1-2H3,(H,26,27,31). The molecule has 33 heavy (non-hydrogen) atoms. The van der Waals surface area contributed by atoms with Crippen molar-refractivity contribution in [3.8, 4) is 0 Å². The van der Waals surface area contributed by atoms with Crippen LogP contribution in [0.2, 0.25) is 0 Å². The number of ether oxygens (including phenoxy) is 1. The molecular formula is C25H22N4O4. The van der Waals surface area contributed by atoms with Crippen molar-refractivity contribution in [3.05, 3.63) is 95.1 Å². The van der Waals surface area contributed by atoms with Gasteiger partial charge >= 0.3 is 6.09 Å². The van der Waals surface area contributed by atoms with E-state index < -0.39 is 11.8 Å². The summed E-state index contributed by atoms with van der Waals surface area (Å²) in [6, 6.07) is 22.0. The monoisotopic (exact) mass is 442 g/mol. The fraction of sp³-hybridized carbons (Fsp3) is 0.160. The predicted molar refractivity (Wildman–Crippen MR) is 122 cm³/mol. The number of benzene rings is 3. The minimum absolute atomic E-state index is 0.236. The Labute approximate surface area is 190 Å². The molecule has 0 spiro atoms. The average Bonchev–Trinajstić information content (AvgIpc) is 3.26. The van der Waals surface area contributed by atoms with Crippen LogP contribution in [0.15, 0.2) is 72.8 Å². The molecule has 0 radical (unpaired) electrons. The third-order valence-electron chi connectivity index (χ3n) is 6.03. The summed E-state index contributed by atoms with van der Waals surface area (Å²) < 4.78 is 6.38. The number of imidazole rings is 1. The summed E-state index contributed by atoms with van der Waals surface area (Å²) in [5.41, 5.74) is 2.03. The molecule has 2 heterocycles. The first-order valence-corrected chi connectivity index (χ1v) is 10.4. The Hall–Kier alpha value is -4.17. The zero-order chi connectivity index (χ0) is 23.2. The van der Waals surface area contributed by atoms with E-state index in [4.69, 9.17) is 0 Å². The molecule has 0 bridgehead atoms. The molecule has 166 valence electrons. The Bertz CT molecular complexity index is 1380. The number of fused-ring (bicyclic) bond motifs is 2. The summed E-state index contributed by atoms with van der Waals surface area (Å²) in [5, 5.41) is 14.7. The lowest BCUT2D eigenvalue weighted by Crippen LogP contribution is -2.44. The number of nitrogens with one attached hydrogen (secondary N) is 1. The number of aliphatic hydroxyl groups is 1. The van der Waals surface area contributed by atoms with Crippen molar-refractivity contribution in [2.75, 3.05) is 12.4 Å². The summed E-state index contributed by atoms with van der Waals surface area (Å²) in [5.74, 6) is 0.0659. The number of amides is 2. The van der Waals surface area contributed by atoms with E-state index in [1.165, 1.54) is 12.0 Å². The first kappa shape index (κ1) is 20.7. The van der Waals surface area contributed by atoms with E-state index in [1.54, 1.807) is 48.0 Å². The van der Waals surface area contributed by atoms with Gasteiger partial charge in [-0.3, -0.25) is 15.0 Å². The number of rotatable bonds is 4. The molecule has 5 rings (SSSR count). The van der Waals surface area contributed by atoms with Gasteiger partial charge in [-0.05, 0) is 23.8 Å². The van der Waals surface area contributed by atoms with Crippen molar-refractivity contribution in [1.29, 1.82) is 0 Å². The van der Waals surface area contributed by atoms with Gasteiger partial charge in [-0.25, -0.2) is 9.78 Å². The summed E-state index contributed by atoms with van der Waals surface area (Å²) in [6.45, 7) is 0.236. The Morgan fingerprint density at radius 1 is 1.09 bits per heavy atom. The van der Waals surface area contributed by atoms with Gasteiger partial charge in [0.2, 0.25) is 5.95 Å². The van der Waals surface area contributed by atoms with E-state index in [-0.39, 0.29) is 12.5 Å². The topological polar surface area (TPSA) is 96.7 Å². The van der Waals surface area contributed by atoms with E-state index in [9.17, 15) is 14.7 Å². The number of methoxy groups -OCH3 is 1. The van der Waals surface area contributed by atoms with Gasteiger partial charge in [-0.15, -0.1) is 0 Å². The van der Waals surface area contributed by atoms with Crippen LogP contribution < -0.4 is 5.32 Å². The zero-order valence-corrected chi connectivity index (χ0v) is 18.1. The summed E-state index contributed by atoms with van der Waals surface area (Å²) in [7, 11) is 3.05. The Morgan fingerprint density at radius 3 is 2.58 bits per heavy atom. The van der Waals surface area contributed by atoms with E-state index in [1.807, 2.05) is 36.4 Å². The molecule has 1 aromatic heterocycles. The number of aromatic nitrogens is 2. The van der Waals surface area contributed by atoms with Crippen LogP contribution in [-0.4, -0.2) is 38.7 Å². The largest absolute Gasteiger partial charge is 0.453 e. The van der Waals surface area contributed by atoms with Gasteiger partial charge in [-0.1, -0.05) is 54.6 Å². The normalized spacial score (nSPS) is 17.3. The van der Waals surface area contributed by atoms with Crippen LogP contribution >= 0.6 is 0 Å². The van der Waals surface area contributed by atoms with E-state index >= 15 is 0 Å². The van der Waals surface area contributed by atoms with Crippen molar-refractivity contribution >= 4 is 29.0 Å². The van der Waals surface area contributed by atoms with Crippen LogP contribution in [0.5, 0.6) is 0 Å². The minimum atomic E-state index is -1.68. The van der Waals surface area contributed by atoms with Crippen molar-refractivity contribution in [3.63, 3.8) is 0 Å². The molecule has 0 aliphatic carbocycles. The van der Waals surface area contributed by atoms with E-state index in [0.29, 0.717) is 28.2 Å². The maximum absolute atomic E-state index is 13.4. The number of hydrogen-bond donors (Lipinski definition) is 2. The first-order valence-electron chi connectivity index (χ1n) is 10.4. The maximum atomic E-state index is 13.4. The molecule has 0 saturated carbocycles. The van der Waals surface area contributed by atoms with Gasteiger partial charge in [0.1, 0.15) is 0 Å². The van der Waals surface area contributed by atoms with Gasteiger partial charge in [0, 0.05) is 30.3 Å². The van der Waals surface area contributed by atoms with Gasteiger partial charge in [-0.2, -0.15) is 0 Å². The lowest BCUT2D eigenvalue weighted by atomic mass is 9.93. The van der Waals surface area contributed by atoms with Crippen molar-refractivity contribution in [1.82, 2.24) is 14.5 Å². The van der Waals surface area contributed by atoms with Gasteiger partial charge in [0.05, 0.1) is 18.1 Å². The molecule has 1 atom stereocenters. The van der Waals surface area contributed by atoms with E-state index in [2.05, 4.69) is 15.0 Å². The van der Waals surface area contributed by atoms with Crippen molar-refractivity contribution in [2.45, 2.75) is 12.3 Å². The number of carbonyl (C=O) groups is 2. The number of anilines is 1. The third-order valence-corrected chi connectivity index (χ3v) is 6.03. The molecule has 3 aromatic carbocycles. The van der Waals surface area contributed by atoms with Crippen LogP contribution in [0.25, 0.3) is 11.0 Å². The minimum Gasteiger partial charge on any atom is -0.453 e. The molecule has 0 fully saturated rings. The summed E-state index contributed by atoms with van der Waals surface area (Å²) >= 11 is 0. The second-order valence-corrected chi connectivity index (χ2v) is 7.91. The molecule has 1 unspecified atom stereocenters. The van der Waals surface area contributed by atoms with Gasteiger partial charge < -0.3 is 14.4 Å². The highest BCUT2D eigenvalue weighted by atomic mass is 16.5. The highest BCUT2D eigenvalue weighted by Crippen LogP contribution is 2.43. The highest BCUT2D eigenvalue weighted by molar-refractivity contribution is 6.00. The third kappa shape index (κ3) is 3.23.